The van der Waals surface area contributed by atoms with Crippen LogP contribution >= 0.6 is 0 Å². The fourth-order valence-corrected chi connectivity index (χ4v) is 6.17. The predicted molar refractivity (Wildman–Crippen MR) is 61.5 cm³/mol. The predicted octanol–water partition coefficient (Wildman–Crippen LogP) is 1.61. The Bertz CT molecular complexity index is 210. The average molecular weight is 288 g/mol. The number of nitrogens with zero attached hydrogens (tertiary/aromatic N) is 1. The third-order valence-electron chi connectivity index (χ3n) is 2.73. The quantitative estimate of drug-likeness (QED) is 0.780. The molecule has 0 spiro atoms. The molecule has 0 radical (unpaired) electrons. The van der Waals surface area contributed by atoms with Crippen LogP contribution in [0.4, 0.5) is 0 Å². The van der Waals surface area contributed by atoms with E-state index in [0.29, 0.717) is 0 Å². The third kappa shape index (κ3) is 3.29. The zero-order valence-electron chi connectivity index (χ0n) is 9.17. The fraction of sp³-hybridized carbons (Fsp3) is 0.778. The van der Waals surface area contributed by atoms with Gasteiger partial charge in [0.1, 0.15) is 0 Å². The molecule has 0 amide bonds. The summed E-state index contributed by atoms with van der Waals surface area (Å²) in [6.07, 6.45) is 3.54. The molecular weight excluding hydrogens is 268 g/mol. The second-order valence-corrected chi connectivity index (χ2v) is 19.5. The van der Waals surface area contributed by atoms with E-state index in [1.165, 1.54) is 6.42 Å². The first-order chi connectivity index (χ1) is 5.91. The Morgan fingerprint density at radius 1 is 1.46 bits per heavy atom. The van der Waals surface area contributed by atoms with Crippen molar-refractivity contribution in [1.29, 1.82) is 0 Å². The van der Waals surface area contributed by atoms with Crippen LogP contribution < -0.4 is 0 Å². The Morgan fingerprint density at radius 2 is 2.08 bits per heavy atom. The van der Waals surface area contributed by atoms with Crippen molar-refractivity contribution in [3.8, 4) is 0 Å². The zero-order valence-corrected chi connectivity index (χ0v) is 12.0. The summed E-state index contributed by atoms with van der Waals surface area (Å²) in [6, 6.07) is 0. The molecule has 0 aromatic heterocycles. The zero-order chi connectivity index (χ0) is 10.1. The molecule has 13 heavy (non-hydrogen) atoms. The summed E-state index contributed by atoms with van der Waals surface area (Å²) in [6.45, 7) is 3.83. The van der Waals surface area contributed by atoms with Crippen LogP contribution in [0.1, 0.15) is 6.42 Å². The van der Waals surface area contributed by atoms with Gasteiger partial charge in [-0.25, -0.2) is 0 Å². The molecule has 1 heterocycles. The molecule has 1 aliphatic heterocycles. The van der Waals surface area contributed by atoms with Crippen LogP contribution in [0.2, 0.25) is 21.6 Å². The maximum absolute atomic E-state index is 9.38. The van der Waals surface area contributed by atoms with Gasteiger partial charge in [0.25, 0.3) is 0 Å². The monoisotopic (exact) mass is 289 g/mol. The average Bonchev–Trinajstić information content (AvgIpc) is 2.03. The van der Waals surface area contributed by atoms with Crippen molar-refractivity contribution in [3.63, 3.8) is 0 Å². The van der Waals surface area contributed by atoms with Gasteiger partial charge in [0.15, 0.2) is 0 Å². The molecule has 0 aromatic carbocycles. The van der Waals surface area contributed by atoms with E-state index in [9.17, 15) is 5.02 Å². The van der Waals surface area contributed by atoms with Crippen LogP contribution in [-0.4, -0.2) is 48.4 Å². The molecule has 0 fully saturated rings. The molecular formula is C9H20BNOSn. The summed E-state index contributed by atoms with van der Waals surface area (Å²) in [7, 11) is -0.284. The normalized spacial score (nSPS) is 19.9. The topological polar surface area (TPSA) is 23.5 Å². The van der Waals surface area contributed by atoms with Gasteiger partial charge in [-0.15, -0.1) is 0 Å². The van der Waals surface area contributed by atoms with E-state index in [0.717, 1.165) is 13.1 Å². The van der Waals surface area contributed by atoms with Crippen LogP contribution in [0.25, 0.3) is 0 Å². The molecule has 74 valence electrons. The molecule has 0 unspecified atom stereocenters. The SMILES string of the molecule is CB(O)N1CC=[C]([Sn]([CH3])([CH3])[CH3])CC1. The van der Waals surface area contributed by atoms with E-state index in [4.69, 9.17) is 0 Å². The van der Waals surface area contributed by atoms with Crippen LogP contribution in [-0.2, 0) is 0 Å². The van der Waals surface area contributed by atoms with Gasteiger partial charge in [0.2, 0.25) is 0 Å². The summed E-state index contributed by atoms with van der Waals surface area (Å²) in [5.74, 6) is 0. The van der Waals surface area contributed by atoms with Crippen molar-refractivity contribution in [2.45, 2.75) is 28.1 Å². The van der Waals surface area contributed by atoms with Gasteiger partial charge in [-0.2, -0.15) is 0 Å². The first kappa shape index (κ1) is 11.6. The molecule has 1 N–H and O–H groups in total. The molecule has 0 saturated carbocycles. The first-order valence-electron chi connectivity index (χ1n) is 5.03. The van der Waals surface area contributed by atoms with E-state index in [-0.39, 0.29) is 7.05 Å². The maximum atomic E-state index is 9.38. The van der Waals surface area contributed by atoms with Gasteiger partial charge in [0.05, 0.1) is 0 Å². The molecule has 0 aliphatic carbocycles. The minimum atomic E-state index is -1.77. The Labute approximate surface area is 86.0 Å². The van der Waals surface area contributed by atoms with E-state index < -0.39 is 18.4 Å². The first-order valence-corrected chi connectivity index (χ1v) is 15.0. The summed E-state index contributed by atoms with van der Waals surface area (Å²) >= 11 is -1.77. The van der Waals surface area contributed by atoms with Gasteiger partial charge < -0.3 is 0 Å². The summed E-state index contributed by atoms with van der Waals surface area (Å²) in [5, 5.41) is 9.38. The molecule has 0 aromatic rings. The van der Waals surface area contributed by atoms with Gasteiger partial charge in [-0.3, -0.25) is 0 Å². The van der Waals surface area contributed by atoms with E-state index in [2.05, 4.69) is 25.7 Å². The Morgan fingerprint density at radius 3 is 2.38 bits per heavy atom. The minimum absolute atomic E-state index is 0.284. The molecule has 0 saturated heterocycles. The third-order valence-corrected chi connectivity index (χ3v) is 9.53. The summed E-state index contributed by atoms with van der Waals surface area (Å²) in [5.41, 5.74) is 0. The molecule has 0 bridgehead atoms. The molecule has 2 nitrogen and oxygen atoms in total. The Hall–Kier alpha value is 0.524. The van der Waals surface area contributed by atoms with Crippen molar-refractivity contribution in [1.82, 2.24) is 4.81 Å². The van der Waals surface area contributed by atoms with Gasteiger partial charge in [0, 0.05) is 0 Å². The van der Waals surface area contributed by atoms with E-state index in [1.807, 2.05) is 6.82 Å². The van der Waals surface area contributed by atoms with Crippen LogP contribution in [0.15, 0.2) is 9.67 Å². The molecule has 1 rings (SSSR count). The van der Waals surface area contributed by atoms with Crippen LogP contribution in [0.3, 0.4) is 0 Å². The number of rotatable bonds is 2. The fourth-order valence-electron chi connectivity index (χ4n) is 1.71. The molecule has 4 heteroatoms. The van der Waals surface area contributed by atoms with Crippen molar-refractivity contribution >= 4 is 25.4 Å². The summed E-state index contributed by atoms with van der Waals surface area (Å²) in [4.78, 5) is 9.48. The van der Waals surface area contributed by atoms with Gasteiger partial charge in [-0.05, 0) is 0 Å². The van der Waals surface area contributed by atoms with Gasteiger partial charge in [-0.1, -0.05) is 0 Å². The second-order valence-electron chi connectivity index (χ2n) is 4.86. The molecule has 1 aliphatic rings. The standard InChI is InChI=1S/C6H11BNO.3CH3.Sn/c1-7(9)8-5-3-2-4-6-8;;;;/h3,9H,4-6H2,1H3;3*1H3;. The number of hydrogen-bond acceptors (Lipinski definition) is 2. The summed E-state index contributed by atoms with van der Waals surface area (Å²) < 4.78 is 1.73. The van der Waals surface area contributed by atoms with Crippen molar-refractivity contribution in [2.75, 3.05) is 13.1 Å². The van der Waals surface area contributed by atoms with Crippen molar-refractivity contribution in [3.05, 3.63) is 9.67 Å². The Balaban J connectivity index is 2.58. The number of hydrogen-bond donors (Lipinski definition) is 1. The van der Waals surface area contributed by atoms with Gasteiger partial charge >= 0.3 is 86.1 Å². The second kappa shape index (κ2) is 4.36. The Kier molecular flexibility index (Phi) is 3.89. The van der Waals surface area contributed by atoms with Crippen LogP contribution in [0, 0.1) is 0 Å². The van der Waals surface area contributed by atoms with E-state index >= 15 is 0 Å². The van der Waals surface area contributed by atoms with Crippen molar-refractivity contribution < 1.29 is 5.02 Å². The molecule has 0 atom stereocenters. The van der Waals surface area contributed by atoms with Crippen molar-refractivity contribution in [2.24, 2.45) is 0 Å². The van der Waals surface area contributed by atoms with E-state index in [1.54, 1.807) is 3.59 Å². The van der Waals surface area contributed by atoms with Crippen LogP contribution in [0.5, 0.6) is 0 Å².